The smallest absolute Gasteiger partial charge is 0.261 e. The molecule has 2 aromatic rings. The molecule has 0 bridgehead atoms. The maximum atomic E-state index is 11.3. The van der Waals surface area contributed by atoms with Crippen LogP contribution in [0.5, 0.6) is 5.75 Å². The molecule has 1 aromatic carbocycles. The molecule has 0 atom stereocenters. The Hall–Kier alpha value is -1.02. The lowest BCUT2D eigenvalue weighted by molar-refractivity contribution is 0.291. The molecule has 0 unspecified atom stereocenters. The number of hydrogen-bond donors (Lipinski definition) is 0. The van der Waals surface area contributed by atoms with Crippen molar-refractivity contribution in [3.8, 4) is 5.75 Å². The van der Waals surface area contributed by atoms with Crippen LogP contribution >= 0.6 is 33.9 Å². The number of aryl methyl sites for hydroxylation is 1. The molecule has 114 valence electrons. The van der Waals surface area contributed by atoms with Gasteiger partial charge in [-0.2, -0.15) is 0 Å². The first kappa shape index (κ1) is 16.4. The number of nitrogens with zero attached hydrogens (tertiary/aromatic N) is 3. The number of rotatable bonds is 4. The highest BCUT2D eigenvalue weighted by atomic mass is 35.7. The molecule has 10 heteroatoms. The molecule has 0 saturated carbocycles. The van der Waals surface area contributed by atoms with Crippen molar-refractivity contribution in [3.05, 3.63) is 33.8 Å². The van der Waals surface area contributed by atoms with E-state index in [1.807, 2.05) is 0 Å². The summed E-state index contributed by atoms with van der Waals surface area (Å²) in [5.41, 5.74) is 0. The molecule has 0 N–H and O–H groups in total. The summed E-state index contributed by atoms with van der Waals surface area (Å²) in [6.45, 7) is 1.89. The lowest BCUT2D eigenvalue weighted by atomic mass is 10.3. The number of aromatic nitrogens is 3. The molecule has 0 amide bonds. The van der Waals surface area contributed by atoms with Gasteiger partial charge in [0, 0.05) is 17.7 Å². The predicted octanol–water partition coefficient (Wildman–Crippen LogP) is 2.94. The van der Waals surface area contributed by atoms with Gasteiger partial charge in [-0.1, -0.05) is 23.2 Å². The van der Waals surface area contributed by atoms with Crippen molar-refractivity contribution in [2.45, 2.75) is 18.4 Å². The maximum Gasteiger partial charge on any atom is 0.261 e. The van der Waals surface area contributed by atoms with Gasteiger partial charge >= 0.3 is 0 Å². The Bertz CT molecular complexity index is 766. The van der Waals surface area contributed by atoms with Crippen molar-refractivity contribution in [2.24, 2.45) is 7.05 Å². The molecule has 0 aliphatic rings. The molecule has 0 fully saturated rings. The Morgan fingerprint density at radius 1 is 1.24 bits per heavy atom. The third kappa shape index (κ3) is 3.60. The second-order valence-corrected chi connectivity index (χ2v) is 7.55. The van der Waals surface area contributed by atoms with Crippen LogP contribution in [0, 0.1) is 6.92 Å². The molecule has 6 nitrogen and oxygen atoms in total. The van der Waals surface area contributed by atoms with Gasteiger partial charge in [0.25, 0.3) is 9.05 Å². The Morgan fingerprint density at radius 2 is 1.81 bits per heavy atom. The lowest BCUT2D eigenvalue weighted by Crippen LogP contribution is -2.05. The fourth-order valence-corrected chi connectivity index (χ4v) is 3.04. The van der Waals surface area contributed by atoms with Crippen molar-refractivity contribution in [1.29, 1.82) is 0 Å². The average molecular weight is 371 g/mol. The second kappa shape index (κ2) is 6.00. The first-order valence-corrected chi connectivity index (χ1v) is 8.68. The average Bonchev–Trinajstić information content (AvgIpc) is 2.68. The summed E-state index contributed by atoms with van der Waals surface area (Å²) in [5.74, 6) is 1.46. The SMILES string of the molecule is Cc1nnc(COc2c(Cl)cc(S(=O)(=O)Cl)cc2Cl)n1C. The molecule has 0 aliphatic heterocycles. The minimum atomic E-state index is -3.91. The summed E-state index contributed by atoms with van der Waals surface area (Å²) >= 11 is 12.0. The van der Waals surface area contributed by atoms with Crippen molar-refractivity contribution in [1.82, 2.24) is 14.8 Å². The summed E-state index contributed by atoms with van der Waals surface area (Å²) in [4.78, 5) is -0.194. The largest absolute Gasteiger partial charge is 0.482 e. The van der Waals surface area contributed by atoms with Gasteiger partial charge in [0.1, 0.15) is 12.4 Å². The zero-order chi connectivity index (χ0) is 15.8. The van der Waals surface area contributed by atoms with E-state index in [1.54, 1.807) is 18.5 Å². The lowest BCUT2D eigenvalue weighted by Gasteiger charge is -2.10. The fourth-order valence-electron chi connectivity index (χ4n) is 1.53. The van der Waals surface area contributed by atoms with E-state index in [0.717, 1.165) is 5.82 Å². The van der Waals surface area contributed by atoms with E-state index in [2.05, 4.69) is 10.2 Å². The maximum absolute atomic E-state index is 11.3. The summed E-state index contributed by atoms with van der Waals surface area (Å²) in [7, 11) is 3.12. The van der Waals surface area contributed by atoms with E-state index in [0.29, 0.717) is 5.82 Å². The van der Waals surface area contributed by atoms with E-state index >= 15 is 0 Å². The monoisotopic (exact) mass is 369 g/mol. The molecule has 1 aromatic heterocycles. The highest BCUT2D eigenvalue weighted by molar-refractivity contribution is 8.13. The number of halogens is 3. The van der Waals surface area contributed by atoms with E-state index in [4.69, 9.17) is 38.6 Å². The molecule has 0 saturated heterocycles. The molecule has 0 radical (unpaired) electrons. The van der Waals surface area contributed by atoms with Crippen LogP contribution < -0.4 is 4.74 Å². The molecule has 0 spiro atoms. The summed E-state index contributed by atoms with van der Waals surface area (Å²) in [5, 5.41) is 7.91. The zero-order valence-corrected chi connectivity index (χ0v) is 14.1. The standard InChI is InChI=1S/C11H10Cl3N3O3S/c1-6-15-16-10(17(6)2)5-20-11-8(12)3-7(4-9(11)13)21(14,18)19/h3-4H,5H2,1-2H3. The van der Waals surface area contributed by atoms with Crippen molar-refractivity contribution in [2.75, 3.05) is 0 Å². The second-order valence-electron chi connectivity index (χ2n) is 4.17. The minimum absolute atomic E-state index is 0.0422. The third-order valence-electron chi connectivity index (χ3n) is 2.78. The van der Waals surface area contributed by atoms with E-state index in [9.17, 15) is 8.42 Å². The van der Waals surface area contributed by atoms with Gasteiger partial charge in [-0.15, -0.1) is 10.2 Å². The Kier molecular flexibility index (Phi) is 4.67. The molecule has 1 heterocycles. The molecule has 0 aliphatic carbocycles. The first-order valence-electron chi connectivity index (χ1n) is 5.61. The quantitative estimate of drug-likeness (QED) is 0.774. The normalized spacial score (nSPS) is 11.7. The van der Waals surface area contributed by atoms with Gasteiger partial charge in [0.05, 0.1) is 14.9 Å². The number of benzene rings is 1. The van der Waals surface area contributed by atoms with Crippen molar-refractivity contribution in [3.63, 3.8) is 0 Å². The van der Waals surface area contributed by atoms with Crippen LogP contribution in [0.15, 0.2) is 17.0 Å². The predicted molar refractivity (Wildman–Crippen MR) is 79.6 cm³/mol. The number of ether oxygens (including phenoxy) is 1. The van der Waals surface area contributed by atoms with Crippen LogP contribution in [0.3, 0.4) is 0 Å². The van der Waals surface area contributed by atoms with E-state index < -0.39 is 9.05 Å². The van der Waals surface area contributed by atoms with Crippen LogP contribution in [0.25, 0.3) is 0 Å². The van der Waals surface area contributed by atoms with Gasteiger partial charge in [-0.3, -0.25) is 0 Å². The van der Waals surface area contributed by atoms with Gasteiger partial charge in [0.15, 0.2) is 11.6 Å². The third-order valence-corrected chi connectivity index (χ3v) is 4.68. The van der Waals surface area contributed by atoms with Crippen molar-refractivity contribution < 1.29 is 13.2 Å². The highest BCUT2D eigenvalue weighted by Gasteiger charge is 2.17. The molecule has 2 rings (SSSR count). The van der Waals surface area contributed by atoms with Gasteiger partial charge < -0.3 is 9.30 Å². The van der Waals surface area contributed by atoms with Crippen LogP contribution in [-0.2, 0) is 22.7 Å². The Labute approximate surface area is 136 Å². The van der Waals surface area contributed by atoms with E-state index in [1.165, 1.54) is 12.1 Å². The van der Waals surface area contributed by atoms with Crippen LogP contribution in [0.1, 0.15) is 11.6 Å². The topological polar surface area (TPSA) is 74.1 Å². The molecule has 21 heavy (non-hydrogen) atoms. The van der Waals surface area contributed by atoms with Crippen LogP contribution in [-0.4, -0.2) is 23.2 Å². The highest BCUT2D eigenvalue weighted by Crippen LogP contribution is 2.36. The van der Waals surface area contributed by atoms with Crippen LogP contribution in [0.2, 0.25) is 10.0 Å². The summed E-state index contributed by atoms with van der Waals surface area (Å²) in [6.07, 6.45) is 0. The summed E-state index contributed by atoms with van der Waals surface area (Å²) < 4.78 is 29.8. The molecular formula is C11H10Cl3N3O3S. The van der Waals surface area contributed by atoms with Gasteiger partial charge in [0.2, 0.25) is 0 Å². The van der Waals surface area contributed by atoms with Gasteiger partial charge in [-0.25, -0.2) is 8.42 Å². The first-order chi connectivity index (χ1) is 9.70. The minimum Gasteiger partial charge on any atom is -0.482 e. The Balaban J connectivity index is 2.27. The van der Waals surface area contributed by atoms with E-state index in [-0.39, 0.29) is 27.3 Å². The molecular weight excluding hydrogens is 361 g/mol. The van der Waals surface area contributed by atoms with Crippen LogP contribution in [0.4, 0.5) is 0 Å². The number of hydrogen-bond acceptors (Lipinski definition) is 5. The summed E-state index contributed by atoms with van der Waals surface area (Å²) in [6, 6.07) is 2.35. The fraction of sp³-hybridized carbons (Fsp3) is 0.273. The van der Waals surface area contributed by atoms with Crippen molar-refractivity contribution >= 4 is 42.9 Å². The van der Waals surface area contributed by atoms with Gasteiger partial charge in [-0.05, 0) is 19.1 Å². The zero-order valence-electron chi connectivity index (χ0n) is 11.0. The Morgan fingerprint density at radius 3 is 2.24 bits per heavy atom.